The molecule has 0 fully saturated rings. The van der Waals surface area contributed by atoms with Gasteiger partial charge in [-0.2, -0.15) is 10.1 Å². The molecule has 0 radical (unpaired) electrons. The minimum atomic E-state index is -0.339. The summed E-state index contributed by atoms with van der Waals surface area (Å²) in [4.78, 5) is 14.6. The topological polar surface area (TPSA) is 77.3 Å². The molecule has 0 amide bonds. The molecule has 0 spiro atoms. The van der Waals surface area contributed by atoms with Crippen LogP contribution in [-0.2, 0) is 0 Å². The first-order valence-electron chi connectivity index (χ1n) is 4.47. The van der Waals surface area contributed by atoms with Crippen LogP contribution in [-0.4, -0.2) is 16.3 Å². The summed E-state index contributed by atoms with van der Waals surface area (Å²) in [5.74, 6) is -0.339. The molecule has 0 unspecified atom stereocenters. The molecule has 4 nitrogen and oxygen atoms in total. The first-order valence-corrected chi connectivity index (χ1v) is 4.47. The largest absolute Gasteiger partial charge is 0.361 e. The molecule has 1 aromatic rings. The Morgan fingerprint density at radius 3 is 2.60 bits per heavy atom. The van der Waals surface area contributed by atoms with Crippen molar-refractivity contribution in [1.82, 2.24) is 0 Å². The van der Waals surface area contributed by atoms with E-state index in [2.05, 4.69) is 4.79 Å². The second-order valence-electron chi connectivity index (χ2n) is 2.90. The van der Waals surface area contributed by atoms with Crippen LogP contribution in [0.3, 0.4) is 0 Å². The summed E-state index contributed by atoms with van der Waals surface area (Å²) in [6.07, 6.45) is 0.332. The highest BCUT2D eigenvalue weighted by atomic mass is 16.1. The number of Topliss-reactive ketones (excluding diaryl/α,β-unsaturated/α-hetero) is 1. The lowest BCUT2D eigenvalue weighted by atomic mass is 10.0. The Morgan fingerprint density at radius 2 is 2.07 bits per heavy atom. The van der Waals surface area contributed by atoms with Crippen LogP contribution in [0.5, 0.6) is 0 Å². The SMILES string of the molecule is N#CCCC(=[N+]=[N-])C(=O)c1ccccc1. The number of benzene rings is 1. The van der Waals surface area contributed by atoms with Gasteiger partial charge in [0.25, 0.3) is 5.78 Å². The van der Waals surface area contributed by atoms with Gasteiger partial charge in [-0.3, -0.25) is 4.79 Å². The second-order valence-corrected chi connectivity index (χ2v) is 2.90. The molecule has 0 saturated heterocycles. The van der Waals surface area contributed by atoms with Crippen molar-refractivity contribution < 1.29 is 9.58 Å². The summed E-state index contributed by atoms with van der Waals surface area (Å²) in [5.41, 5.74) is 9.12. The lowest BCUT2D eigenvalue weighted by Crippen LogP contribution is -2.15. The van der Waals surface area contributed by atoms with E-state index in [-0.39, 0.29) is 24.3 Å². The molecule has 0 atom stereocenters. The Balaban J connectivity index is 2.85. The van der Waals surface area contributed by atoms with Gasteiger partial charge in [-0.05, 0) is 0 Å². The molecule has 1 aromatic carbocycles. The number of ketones is 1. The highest BCUT2D eigenvalue weighted by Gasteiger charge is 2.20. The third kappa shape index (κ3) is 2.87. The van der Waals surface area contributed by atoms with Crippen LogP contribution in [0.1, 0.15) is 23.2 Å². The maximum atomic E-state index is 11.7. The van der Waals surface area contributed by atoms with Gasteiger partial charge in [-0.1, -0.05) is 30.3 Å². The second kappa shape index (κ2) is 5.48. The van der Waals surface area contributed by atoms with Crippen LogP contribution < -0.4 is 0 Å². The van der Waals surface area contributed by atoms with E-state index in [0.717, 1.165) is 0 Å². The fourth-order valence-electron chi connectivity index (χ4n) is 1.14. The summed E-state index contributed by atoms with van der Waals surface area (Å²) < 4.78 is 0. The molecule has 15 heavy (non-hydrogen) atoms. The lowest BCUT2D eigenvalue weighted by Gasteiger charge is -1.94. The number of rotatable bonds is 4. The van der Waals surface area contributed by atoms with Crippen molar-refractivity contribution in [3.8, 4) is 6.07 Å². The summed E-state index contributed by atoms with van der Waals surface area (Å²) in [6, 6.07) is 10.4. The van der Waals surface area contributed by atoms with Gasteiger partial charge in [0.1, 0.15) is 0 Å². The summed E-state index contributed by atoms with van der Waals surface area (Å²) in [6.45, 7) is 0. The molecule has 0 aromatic heterocycles. The van der Waals surface area contributed by atoms with E-state index in [0.29, 0.717) is 5.56 Å². The van der Waals surface area contributed by atoms with Crippen molar-refractivity contribution >= 4 is 11.5 Å². The van der Waals surface area contributed by atoms with Crippen LogP contribution in [0.15, 0.2) is 30.3 Å². The van der Waals surface area contributed by atoms with E-state index < -0.39 is 0 Å². The Morgan fingerprint density at radius 1 is 1.40 bits per heavy atom. The number of carbonyl (C=O) groups is 1. The average molecular weight is 199 g/mol. The van der Waals surface area contributed by atoms with E-state index in [1.165, 1.54) is 0 Å². The highest BCUT2D eigenvalue weighted by molar-refractivity contribution is 6.43. The maximum absolute atomic E-state index is 11.7. The molecule has 1 rings (SSSR count). The zero-order chi connectivity index (χ0) is 11.1. The van der Waals surface area contributed by atoms with Crippen molar-refractivity contribution in [3.63, 3.8) is 0 Å². The van der Waals surface area contributed by atoms with Crippen molar-refractivity contribution in [3.05, 3.63) is 41.4 Å². The molecule has 0 heterocycles. The monoisotopic (exact) mass is 199 g/mol. The van der Waals surface area contributed by atoms with Crippen molar-refractivity contribution in [2.45, 2.75) is 12.8 Å². The predicted octanol–water partition coefficient (Wildman–Crippen LogP) is 1.84. The molecule has 0 bridgehead atoms. The fraction of sp³-hybridized carbons (Fsp3) is 0.182. The van der Waals surface area contributed by atoms with Crippen LogP contribution in [0.25, 0.3) is 5.53 Å². The molecule has 0 aliphatic heterocycles. The first-order chi connectivity index (χ1) is 7.29. The van der Waals surface area contributed by atoms with Gasteiger partial charge in [-0.25, -0.2) is 0 Å². The van der Waals surface area contributed by atoms with E-state index in [9.17, 15) is 4.79 Å². The molecule has 74 valence electrons. The van der Waals surface area contributed by atoms with Crippen LogP contribution in [0.2, 0.25) is 0 Å². The molecular formula is C11H9N3O. The van der Waals surface area contributed by atoms with Gasteiger partial charge < -0.3 is 5.53 Å². The van der Waals surface area contributed by atoms with Gasteiger partial charge in [0.15, 0.2) is 0 Å². The summed E-state index contributed by atoms with van der Waals surface area (Å²) in [7, 11) is 0. The normalized spacial score (nSPS) is 8.73. The zero-order valence-electron chi connectivity index (χ0n) is 8.05. The minimum absolute atomic E-state index is 0.0164. The number of hydrogen-bond acceptors (Lipinski definition) is 2. The van der Waals surface area contributed by atoms with Crippen molar-refractivity contribution in [2.24, 2.45) is 0 Å². The zero-order valence-corrected chi connectivity index (χ0v) is 8.05. The predicted molar refractivity (Wildman–Crippen MR) is 54.2 cm³/mol. The lowest BCUT2D eigenvalue weighted by molar-refractivity contribution is -0.00897. The number of carbonyl (C=O) groups excluding carboxylic acids is 1. The van der Waals surface area contributed by atoms with Crippen molar-refractivity contribution in [1.29, 1.82) is 5.26 Å². The minimum Gasteiger partial charge on any atom is -0.361 e. The van der Waals surface area contributed by atoms with Crippen LogP contribution in [0.4, 0.5) is 0 Å². The van der Waals surface area contributed by atoms with Gasteiger partial charge in [0.2, 0.25) is 0 Å². The standard InChI is InChI=1S/C11H9N3O/c12-8-4-7-10(14-13)11(15)9-5-2-1-3-6-9/h1-3,5-6H,4,7H2. The molecular weight excluding hydrogens is 190 g/mol. The van der Waals surface area contributed by atoms with Gasteiger partial charge in [0, 0.05) is 12.0 Å². The number of nitrogens with zero attached hydrogens (tertiary/aromatic N) is 3. The molecule has 0 N–H and O–H groups in total. The maximum Gasteiger partial charge on any atom is 0.340 e. The van der Waals surface area contributed by atoms with E-state index in [4.69, 9.17) is 10.8 Å². The van der Waals surface area contributed by atoms with Gasteiger partial charge in [0.05, 0.1) is 12.5 Å². The molecule has 0 aliphatic carbocycles. The summed E-state index contributed by atoms with van der Waals surface area (Å²) in [5, 5.41) is 8.37. The fourth-order valence-corrected chi connectivity index (χ4v) is 1.14. The number of hydrogen-bond donors (Lipinski definition) is 0. The molecule has 0 saturated carbocycles. The molecule has 4 heteroatoms. The van der Waals surface area contributed by atoms with Crippen molar-refractivity contribution in [2.75, 3.05) is 0 Å². The molecule has 0 aliphatic rings. The third-order valence-electron chi connectivity index (χ3n) is 1.89. The van der Waals surface area contributed by atoms with Gasteiger partial charge >= 0.3 is 5.71 Å². The number of nitriles is 1. The van der Waals surface area contributed by atoms with E-state index in [1.807, 2.05) is 6.07 Å². The van der Waals surface area contributed by atoms with Gasteiger partial charge in [-0.15, -0.1) is 0 Å². The Labute approximate surface area is 87.4 Å². The smallest absolute Gasteiger partial charge is 0.340 e. The average Bonchev–Trinajstić information content (AvgIpc) is 2.31. The first kappa shape index (κ1) is 10.8. The van der Waals surface area contributed by atoms with E-state index >= 15 is 0 Å². The quantitative estimate of drug-likeness (QED) is 0.321. The Kier molecular flexibility index (Phi) is 3.96. The van der Waals surface area contributed by atoms with E-state index in [1.54, 1.807) is 30.3 Å². The van der Waals surface area contributed by atoms with Crippen LogP contribution in [0, 0.1) is 11.3 Å². The summed E-state index contributed by atoms with van der Waals surface area (Å²) >= 11 is 0. The third-order valence-corrected chi connectivity index (χ3v) is 1.89. The Hall–Kier alpha value is -2.24. The van der Waals surface area contributed by atoms with Crippen LogP contribution >= 0.6 is 0 Å². The highest BCUT2D eigenvalue weighted by Crippen LogP contribution is 2.03. The Bertz CT molecular complexity index is 439.